The van der Waals surface area contributed by atoms with Gasteiger partial charge in [-0.3, -0.25) is 0 Å². The lowest BCUT2D eigenvalue weighted by molar-refractivity contribution is -0.137. The molecule has 2 nitrogen and oxygen atoms in total. The number of hydrogen-bond donors (Lipinski definition) is 1. The summed E-state index contributed by atoms with van der Waals surface area (Å²) in [6, 6.07) is 9.37. The van der Waals surface area contributed by atoms with Gasteiger partial charge in [-0.1, -0.05) is 12.1 Å². The van der Waals surface area contributed by atoms with Crippen molar-refractivity contribution in [2.75, 3.05) is 23.3 Å². The van der Waals surface area contributed by atoms with Crippen LogP contribution in [0.2, 0.25) is 0 Å². The van der Waals surface area contributed by atoms with Crippen LogP contribution in [0.4, 0.5) is 34.6 Å². The van der Waals surface area contributed by atoms with Crippen LogP contribution in [0.15, 0.2) is 42.5 Å². The number of benzene rings is 2. The third-order valence-electron chi connectivity index (χ3n) is 3.54. The summed E-state index contributed by atoms with van der Waals surface area (Å²) in [6.45, 7) is 4.97. The van der Waals surface area contributed by atoms with Crippen molar-refractivity contribution < 1.29 is 17.6 Å². The van der Waals surface area contributed by atoms with Crippen molar-refractivity contribution in [3.8, 4) is 0 Å². The van der Waals surface area contributed by atoms with Crippen LogP contribution in [0.25, 0.3) is 0 Å². The molecule has 0 spiro atoms. The molecule has 0 unspecified atom stereocenters. The minimum Gasteiger partial charge on any atom is -0.368 e. The largest absolute Gasteiger partial charge is 0.416 e. The Morgan fingerprint density at radius 1 is 1.00 bits per heavy atom. The van der Waals surface area contributed by atoms with Crippen LogP contribution < -0.4 is 10.2 Å². The Morgan fingerprint density at radius 3 is 2.26 bits per heavy atom. The highest BCUT2D eigenvalue weighted by molar-refractivity contribution is 5.76. The molecule has 0 fully saturated rings. The quantitative estimate of drug-likeness (QED) is 0.737. The fourth-order valence-corrected chi connectivity index (χ4v) is 2.41. The maximum absolute atomic E-state index is 14.2. The Hall–Kier alpha value is -2.24. The van der Waals surface area contributed by atoms with Crippen molar-refractivity contribution in [3.05, 3.63) is 53.8 Å². The molecule has 0 heterocycles. The monoisotopic (exact) mass is 326 g/mol. The SMILES string of the molecule is CCN(CC)c1c(F)cccc1Nc1cccc(C(F)(F)F)c1. The second-order valence-corrected chi connectivity index (χ2v) is 5.01. The van der Waals surface area contributed by atoms with Crippen LogP contribution in [-0.4, -0.2) is 13.1 Å². The van der Waals surface area contributed by atoms with Gasteiger partial charge in [0.05, 0.1) is 16.9 Å². The standard InChI is InChI=1S/C17H18F4N2/c1-3-23(4-2)16-14(18)9-6-10-15(16)22-13-8-5-7-12(11-13)17(19,20)21/h5-11,22H,3-4H2,1-2H3. The Morgan fingerprint density at radius 2 is 1.65 bits per heavy atom. The minimum absolute atomic E-state index is 0.263. The van der Waals surface area contributed by atoms with E-state index >= 15 is 0 Å². The van der Waals surface area contributed by atoms with Gasteiger partial charge in [-0.25, -0.2) is 4.39 Å². The third kappa shape index (κ3) is 3.94. The maximum Gasteiger partial charge on any atom is 0.416 e. The summed E-state index contributed by atoms with van der Waals surface area (Å²) in [5.74, 6) is -0.411. The van der Waals surface area contributed by atoms with Crippen molar-refractivity contribution in [2.24, 2.45) is 0 Å². The number of hydrogen-bond acceptors (Lipinski definition) is 2. The molecule has 0 aliphatic rings. The van der Waals surface area contributed by atoms with Crippen LogP contribution in [-0.2, 0) is 6.18 Å². The molecule has 0 aliphatic carbocycles. The smallest absolute Gasteiger partial charge is 0.368 e. The maximum atomic E-state index is 14.2. The van der Waals surface area contributed by atoms with Gasteiger partial charge in [0.1, 0.15) is 5.82 Å². The Bertz CT molecular complexity index is 664. The molecule has 0 saturated carbocycles. The molecule has 2 rings (SSSR count). The summed E-state index contributed by atoms with van der Waals surface area (Å²) in [6.07, 6.45) is -4.42. The third-order valence-corrected chi connectivity index (χ3v) is 3.54. The van der Waals surface area contributed by atoms with Crippen LogP contribution in [0.5, 0.6) is 0 Å². The summed E-state index contributed by atoms with van der Waals surface area (Å²) in [7, 11) is 0. The number of nitrogens with zero attached hydrogens (tertiary/aromatic N) is 1. The van der Waals surface area contributed by atoms with Crippen LogP contribution in [0.3, 0.4) is 0 Å². The first-order valence-electron chi connectivity index (χ1n) is 7.34. The molecule has 0 bridgehead atoms. The molecule has 0 saturated heterocycles. The van der Waals surface area contributed by atoms with Gasteiger partial charge in [0.15, 0.2) is 0 Å². The molecule has 0 aliphatic heterocycles. The summed E-state index contributed by atoms with van der Waals surface area (Å²) >= 11 is 0. The van der Waals surface area contributed by atoms with E-state index in [9.17, 15) is 17.6 Å². The normalized spacial score (nSPS) is 11.4. The van der Waals surface area contributed by atoms with E-state index in [1.807, 2.05) is 18.7 Å². The summed E-state index contributed by atoms with van der Waals surface area (Å²) in [5.41, 5.74) is 0.310. The van der Waals surface area contributed by atoms with Gasteiger partial charge in [0, 0.05) is 18.8 Å². The summed E-state index contributed by atoms with van der Waals surface area (Å²) in [5, 5.41) is 2.89. The number of halogens is 4. The molecular weight excluding hydrogens is 308 g/mol. The molecule has 0 amide bonds. The zero-order chi connectivity index (χ0) is 17.0. The Balaban J connectivity index is 2.39. The first kappa shape index (κ1) is 17.1. The average molecular weight is 326 g/mol. The molecule has 0 aromatic heterocycles. The van der Waals surface area contributed by atoms with E-state index in [0.29, 0.717) is 24.5 Å². The number of alkyl halides is 3. The Labute approximate surface area is 132 Å². The van der Waals surface area contributed by atoms with Gasteiger partial charge in [0.2, 0.25) is 0 Å². The first-order valence-corrected chi connectivity index (χ1v) is 7.34. The van der Waals surface area contributed by atoms with E-state index in [2.05, 4.69) is 5.32 Å². The molecule has 2 aromatic rings. The number of rotatable bonds is 5. The number of para-hydroxylation sites is 1. The van der Waals surface area contributed by atoms with E-state index in [1.165, 1.54) is 24.3 Å². The van der Waals surface area contributed by atoms with E-state index < -0.39 is 17.6 Å². The topological polar surface area (TPSA) is 15.3 Å². The van der Waals surface area contributed by atoms with Crippen LogP contribution in [0.1, 0.15) is 19.4 Å². The number of nitrogens with one attached hydrogen (secondary N) is 1. The highest BCUT2D eigenvalue weighted by Crippen LogP contribution is 2.34. The highest BCUT2D eigenvalue weighted by atomic mass is 19.4. The molecule has 2 aromatic carbocycles. The van der Waals surface area contributed by atoms with Gasteiger partial charge >= 0.3 is 6.18 Å². The van der Waals surface area contributed by atoms with Crippen LogP contribution in [0, 0.1) is 5.82 Å². The lowest BCUT2D eigenvalue weighted by atomic mass is 10.1. The Kier molecular flexibility index (Phi) is 5.13. The lowest BCUT2D eigenvalue weighted by Crippen LogP contribution is -2.24. The van der Waals surface area contributed by atoms with E-state index in [1.54, 1.807) is 6.07 Å². The zero-order valence-electron chi connectivity index (χ0n) is 12.9. The van der Waals surface area contributed by atoms with E-state index in [0.717, 1.165) is 12.1 Å². The highest BCUT2D eigenvalue weighted by Gasteiger charge is 2.30. The van der Waals surface area contributed by atoms with Gasteiger partial charge in [-0.15, -0.1) is 0 Å². The minimum atomic E-state index is -4.42. The fourth-order valence-electron chi connectivity index (χ4n) is 2.41. The predicted molar refractivity (Wildman–Crippen MR) is 84.7 cm³/mol. The number of anilines is 3. The molecular formula is C17H18F4N2. The first-order chi connectivity index (χ1) is 10.9. The molecule has 23 heavy (non-hydrogen) atoms. The summed E-state index contributed by atoms with van der Waals surface area (Å²) < 4.78 is 52.6. The zero-order valence-corrected chi connectivity index (χ0v) is 12.9. The molecule has 0 radical (unpaired) electrons. The van der Waals surface area contributed by atoms with Crippen molar-refractivity contribution in [2.45, 2.75) is 20.0 Å². The van der Waals surface area contributed by atoms with Gasteiger partial charge in [0.25, 0.3) is 0 Å². The average Bonchev–Trinajstić information content (AvgIpc) is 2.50. The van der Waals surface area contributed by atoms with E-state index in [-0.39, 0.29) is 5.69 Å². The second-order valence-electron chi connectivity index (χ2n) is 5.01. The van der Waals surface area contributed by atoms with Crippen molar-refractivity contribution >= 4 is 17.1 Å². The van der Waals surface area contributed by atoms with Crippen molar-refractivity contribution in [1.29, 1.82) is 0 Å². The van der Waals surface area contributed by atoms with Gasteiger partial charge in [-0.05, 0) is 44.2 Å². The molecule has 6 heteroatoms. The van der Waals surface area contributed by atoms with Crippen molar-refractivity contribution in [1.82, 2.24) is 0 Å². The van der Waals surface area contributed by atoms with E-state index in [4.69, 9.17) is 0 Å². The molecule has 124 valence electrons. The predicted octanol–water partition coefficient (Wildman–Crippen LogP) is 5.43. The van der Waals surface area contributed by atoms with Gasteiger partial charge < -0.3 is 10.2 Å². The fraction of sp³-hybridized carbons (Fsp3) is 0.294. The van der Waals surface area contributed by atoms with Crippen molar-refractivity contribution in [3.63, 3.8) is 0 Å². The summed E-state index contributed by atoms with van der Waals surface area (Å²) in [4.78, 5) is 1.81. The molecule has 0 atom stereocenters. The van der Waals surface area contributed by atoms with Gasteiger partial charge in [-0.2, -0.15) is 13.2 Å². The van der Waals surface area contributed by atoms with Crippen LogP contribution >= 0.6 is 0 Å². The second kappa shape index (κ2) is 6.89. The molecule has 1 N–H and O–H groups in total. The lowest BCUT2D eigenvalue weighted by Gasteiger charge is -2.25.